The molecule has 1 aromatic carbocycles. The number of rotatable bonds is 1. The SMILES string of the molecule is COc1cc2c(cc1Br)CC(C)(C)C2N. The number of hydrogen-bond donors (Lipinski definition) is 1. The van der Waals surface area contributed by atoms with E-state index < -0.39 is 0 Å². The van der Waals surface area contributed by atoms with Crippen molar-refractivity contribution in [1.82, 2.24) is 0 Å². The lowest BCUT2D eigenvalue weighted by molar-refractivity contribution is 0.318. The molecule has 1 aliphatic carbocycles. The Morgan fingerprint density at radius 1 is 1.47 bits per heavy atom. The zero-order valence-corrected chi connectivity index (χ0v) is 10.9. The Morgan fingerprint density at radius 3 is 2.73 bits per heavy atom. The number of methoxy groups -OCH3 is 1. The van der Waals surface area contributed by atoms with E-state index in [1.165, 1.54) is 11.1 Å². The Kier molecular flexibility index (Phi) is 2.55. The summed E-state index contributed by atoms with van der Waals surface area (Å²) in [6.07, 6.45) is 1.03. The van der Waals surface area contributed by atoms with Crippen molar-refractivity contribution in [2.45, 2.75) is 26.3 Å². The van der Waals surface area contributed by atoms with Crippen LogP contribution in [0.2, 0.25) is 0 Å². The molecule has 1 aromatic rings. The molecule has 0 aliphatic heterocycles. The molecule has 1 atom stereocenters. The molecule has 2 rings (SSSR count). The van der Waals surface area contributed by atoms with Gasteiger partial charge in [0, 0.05) is 6.04 Å². The van der Waals surface area contributed by atoms with Crippen LogP contribution in [0, 0.1) is 5.41 Å². The third kappa shape index (κ3) is 1.68. The van der Waals surface area contributed by atoms with Crippen LogP contribution in [0.25, 0.3) is 0 Å². The van der Waals surface area contributed by atoms with Crippen LogP contribution in [0.4, 0.5) is 0 Å². The van der Waals surface area contributed by atoms with E-state index in [4.69, 9.17) is 10.5 Å². The predicted molar refractivity (Wildman–Crippen MR) is 65.1 cm³/mol. The molecule has 15 heavy (non-hydrogen) atoms. The van der Waals surface area contributed by atoms with Gasteiger partial charge in [-0.25, -0.2) is 0 Å². The number of ether oxygens (including phenoxy) is 1. The van der Waals surface area contributed by atoms with Crippen LogP contribution in [0.5, 0.6) is 5.75 Å². The van der Waals surface area contributed by atoms with Crippen molar-refractivity contribution in [1.29, 1.82) is 0 Å². The lowest BCUT2D eigenvalue weighted by atomic mass is 9.86. The Balaban J connectivity index is 2.52. The van der Waals surface area contributed by atoms with Gasteiger partial charge in [-0.15, -0.1) is 0 Å². The molecule has 0 amide bonds. The summed E-state index contributed by atoms with van der Waals surface area (Å²) < 4.78 is 6.29. The minimum absolute atomic E-state index is 0.106. The van der Waals surface area contributed by atoms with E-state index >= 15 is 0 Å². The molecule has 3 heteroatoms. The van der Waals surface area contributed by atoms with Gasteiger partial charge in [-0.2, -0.15) is 0 Å². The van der Waals surface area contributed by atoms with E-state index in [1.54, 1.807) is 7.11 Å². The summed E-state index contributed by atoms with van der Waals surface area (Å²) in [4.78, 5) is 0. The fourth-order valence-corrected chi connectivity index (χ4v) is 2.78. The van der Waals surface area contributed by atoms with Crippen LogP contribution in [-0.2, 0) is 6.42 Å². The third-order valence-electron chi connectivity index (χ3n) is 3.24. The van der Waals surface area contributed by atoms with E-state index in [0.29, 0.717) is 0 Å². The highest BCUT2D eigenvalue weighted by molar-refractivity contribution is 9.10. The first-order chi connectivity index (χ1) is 6.95. The summed E-state index contributed by atoms with van der Waals surface area (Å²) >= 11 is 3.50. The summed E-state index contributed by atoms with van der Waals surface area (Å²) in [6, 6.07) is 4.29. The highest BCUT2D eigenvalue weighted by Gasteiger charge is 2.36. The first-order valence-electron chi connectivity index (χ1n) is 5.07. The number of halogens is 1. The quantitative estimate of drug-likeness (QED) is 0.851. The molecule has 2 N–H and O–H groups in total. The van der Waals surface area contributed by atoms with Gasteiger partial charge in [0.15, 0.2) is 0 Å². The topological polar surface area (TPSA) is 35.2 Å². The second kappa shape index (κ2) is 3.49. The van der Waals surface area contributed by atoms with Crippen LogP contribution < -0.4 is 10.5 Å². The molecule has 1 unspecified atom stereocenters. The second-order valence-corrected chi connectivity index (χ2v) is 5.68. The van der Waals surface area contributed by atoms with Gasteiger partial charge < -0.3 is 10.5 Å². The zero-order valence-electron chi connectivity index (χ0n) is 9.30. The summed E-state index contributed by atoms with van der Waals surface area (Å²) in [5, 5.41) is 0. The highest BCUT2D eigenvalue weighted by Crippen LogP contribution is 2.46. The molecule has 0 aromatic heterocycles. The minimum Gasteiger partial charge on any atom is -0.496 e. The largest absolute Gasteiger partial charge is 0.496 e. The van der Waals surface area contributed by atoms with Crippen LogP contribution in [-0.4, -0.2) is 7.11 Å². The van der Waals surface area contributed by atoms with Crippen molar-refractivity contribution in [3.05, 3.63) is 27.7 Å². The van der Waals surface area contributed by atoms with Crippen molar-refractivity contribution in [3.63, 3.8) is 0 Å². The van der Waals surface area contributed by atoms with Gasteiger partial charge in [-0.05, 0) is 51.0 Å². The Labute approximate surface area is 98.9 Å². The van der Waals surface area contributed by atoms with Crippen LogP contribution in [0.1, 0.15) is 31.0 Å². The average Bonchev–Trinajstić information content (AvgIpc) is 2.36. The van der Waals surface area contributed by atoms with Crippen molar-refractivity contribution in [2.75, 3.05) is 7.11 Å². The van der Waals surface area contributed by atoms with Gasteiger partial charge in [0.05, 0.1) is 11.6 Å². The summed E-state index contributed by atoms with van der Waals surface area (Å²) in [5.41, 5.74) is 8.93. The van der Waals surface area contributed by atoms with Gasteiger partial charge in [-0.1, -0.05) is 13.8 Å². The molecule has 2 nitrogen and oxygen atoms in total. The van der Waals surface area contributed by atoms with E-state index in [9.17, 15) is 0 Å². The van der Waals surface area contributed by atoms with Crippen molar-refractivity contribution in [3.8, 4) is 5.75 Å². The maximum absolute atomic E-state index is 6.23. The molecule has 0 radical (unpaired) electrons. The number of nitrogens with two attached hydrogens (primary N) is 1. The molecule has 0 heterocycles. The molecular formula is C12H16BrNO. The molecule has 82 valence electrons. The maximum Gasteiger partial charge on any atom is 0.133 e. The molecule has 0 fully saturated rings. The third-order valence-corrected chi connectivity index (χ3v) is 3.86. The summed E-state index contributed by atoms with van der Waals surface area (Å²) in [7, 11) is 1.68. The number of fused-ring (bicyclic) bond motifs is 1. The Hall–Kier alpha value is -0.540. The molecule has 1 aliphatic rings. The number of benzene rings is 1. The highest BCUT2D eigenvalue weighted by atomic mass is 79.9. The van der Waals surface area contributed by atoms with Gasteiger partial charge in [-0.3, -0.25) is 0 Å². The Bertz CT molecular complexity index is 401. The minimum atomic E-state index is 0.106. The van der Waals surface area contributed by atoms with E-state index in [0.717, 1.165) is 16.6 Å². The normalized spacial score (nSPS) is 22.6. The van der Waals surface area contributed by atoms with E-state index in [1.807, 2.05) is 0 Å². The smallest absolute Gasteiger partial charge is 0.133 e. The first-order valence-corrected chi connectivity index (χ1v) is 5.87. The predicted octanol–water partition coefficient (Wildman–Crippen LogP) is 3.04. The lowest BCUT2D eigenvalue weighted by Gasteiger charge is -2.23. The monoisotopic (exact) mass is 269 g/mol. The van der Waals surface area contributed by atoms with Gasteiger partial charge in [0.1, 0.15) is 5.75 Å². The molecule has 0 saturated carbocycles. The second-order valence-electron chi connectivity index (χ2n) is 4.83. The fourth-order valence-electron chi connectivity index (χ4n) is 2.23. The van der Waals surface area contributed by atoms with Crippen molar-refractivity contribution in [2.24, 2.45) is 11.1 Å². The van der Waals surface area contributed by atoms with Crippen molar-refractivity contribution < 1.29 is 4.74 Å². The molecule has 0 spiro atoms. The van der Waals surface area contributed by atoms with Gasteiger partial charge in [0.2, 0.25) is 0 Å². The maximum atomic E-state index is 6.23. The molecular weight excluding hydrogens is 254 g/mol. The lowest BCUT2D eigenvalue weighted by Crippen LogP contribution is -2.24. The van der Waals surface area contributed by atoms with Gasteiger partial charge >= 0.3 is 0 Å². The van der Waals surface area contributed by atoms with Crippen LogP contribution in [0.15, 0.2) is 16.6 Å². The molecule has 0 bridgehead atoms. The van der Waals surface area contributed by atoms with E-state index in [-0.39, 0.29) is 11.5 Å². The van der Waals surface area contributed by atoms with E-state index in [2.05, 4.69) is 41.9 Å². The van der Waals surface area contributed by atoms with Crippen LogP contribution >= 0.6 is 15.9 Å². The van der Waals surface area contributed by atoms with Crippen molar-refractivity contribution >= 4 is 15.9 Å². The average molecular weight is 270 g/mol. The Morgan fingerprint density at radius 2 is 2.13 bits per heavy atom. The van der Waals surface area contributed by atoms with Gasteiger partial charge in [0.25, 0.3) is 0 Å². The first kappa shape index (κ1) is 11.0. The molecule has 0 saturated heterocycles. The fraction of sp³-hybridized carbons (Fsp3) is 0.500. The van der Waals surface area contributed by atoms with Crippen LogP contribution in [0.3, 0.4) is 0 Å². The number of hydrogen-bond acceptors (Lipinski definition) is 2. The standard InChI is InChI=1S/C12H16BrNO/c1-12(2)6-7-4-9(13)10(15-3)5-8(7)11(12)14/h4-5,11H,6,14H2,1-3H3. The summed E-state index contributed by atoms with van der Waals surface area (Å²) in [6.45, 7) is 4.41. The summed E-state index contributed by atoms with van der Waals surface area (Å²) in [5.74, 6) is 0.863. The zero-order chi connectivity index (χ0) is 11.2.